The number of carbonyl (C=O) groups excluding carboxylic acids is 1. The summed E-state index contributed by atoms with van der Waals surface area (Å²) in [6, 6.07) is 0. The van der Waals surface area contributed by atoms with Gasteiger partial charge in [0, 0.05) is 13.1 Å². The Kier molecular flexibility index (Phi) is 3.01. The molecule has 1 amide bonds. The van der Waals surface area contributed by atoms with Crippen LogP contribution >= 0.6 is 0 Å². The predicted octanol–water partition coefficient (Wildman–Crippen LogP) is 1.24. The van der Waals surface area contributed by atoms with Gasteiger partial charge in [-0.25, -0.2) is 0 Å². The summed E-state index contributed by atoms with van der Waals surface area (Å²) in [7, 11) is 1.84. The van der Waals surface area contributed by atoms with E-state index in [0.717, 1.165) is 19.0 Å². The molecule has 3 nitrogen and oxygen atoms in total. The van der Waals surface area contributed by atoms with E-state index in [1.54, 1.807) is 0 Å². The van der Waals surface area contributed by atoms with Crippen molar-refractivity contribution in [3.63, 3.8) is 0 Å². The SMILES string of the molecule is CNCC(=O)N1CCC(C)C2(CCC2)C1. The maximum absolute atomic E-state index is 11.8. The summed E-state index contributed by atoms with van der Waals surface area (Å²) in [6.07, 6.45) is 5.21. The number of rotatable bonds is 2. The Bertz CT molecular complexity index is 248. The summed E-state index contributed by atoms with van der Waals surface area (Å²) in [6.45, 7) is 4.82. The molecule has 1 aliphatic heterocycles. The van der Waals surface area contributed by atoms with Crippen molar-refractivity contribution in [1.29, 1.82) is 0 Å². The molecule has 1 N–H and O–H groups in total. The topological polar surface area (TPSA) is 32.3 Å². The molecule has 3 heteroatoms. The van der Waals surface area contributed by atoms with Gasteiger partial charge in [-0.15, -0.1) is 0 Å². The lowest BCUT2D eigenvalue weighted by Crippen LogP contribution is -2.54. The van der Waals surface area contributed by atoms with E-state index in [1.807, 2.05) is 7.05 Å². The fraction of sp³-hybridized carbons (Fsp3) is 0.917. The fourth-order valence-corrected chi connectivity index (χ4v) is 3.03. The zero-order valence-corrected chi connectivity index (χ0v) is 9.88. The number of likely N-dealkylation sites (tertiary alicyclic amines) is 1. The van der Waals surface area contributed by atoms with Gasteiger partial charge in [-0.3, -0.25) is 4.79 Å². The van der Waals surface area contributed by atoms with E-state index in [0.29, 0.717) is 12.0 Å². The molecule has 2 rings (SSSR count). The average molecular weight is 210 g/mol. The molecule has 1 spiro atoms. The van der Waals surface area contributed by atoms with E-state index in [2.05, 4.69) is 17.1 Å². The van der Waals surface area contributed by atoms with Gasteiger partial charge in [-0.2, -0.15) is 0 Å². The summed E-state index contributed by atoms with van der Waals surface area (Å²) in [5.74, 6) is 1.08. The third kappa shape index (κ3) is 1.89. The summed E-state index contributed by atoms with van der Waals surface area (Å²) < 4.78 is 0. The van der Waals surface area contributed by atoms with Crippen LogP contribution in [0.4, 0.5) is 0 Å². The van der Waals surface area contributed by atoms with Crippen LogP contribution in [0.2, 0.25) is 0 Å². The molecule has 1 saturated heterocycles. The third-order valence-corrected chi connectivity index (χ3v) is 4.41. The molecule has 1 saturated carbocycles. The second kappa shape index (κ2) is 4.12. The Hall–Kier alpha value is -0.570. The van der Waals surface area contributed by atoms with Crippen molar-refractivity contribution < 1.29 is 4.79 Å². The molecule has 0 aromatic heterocycles. The molecule has 1 aliphatic carbocycles. The average Bonchev–Trinajstić information content (AvgIpc) is 2.16. The van der Waals surface area contributed by atoms with Crippen LogP contribution in [-0.2, 0) is 4.79 Å². The third-order valence-electron chi connectivity index (χ3n) is 4.41. The van der Waals surface area contributed by atoms with E-state index < -0.39 is 0 Å². The summed E-state index contributed by atoms with van der Waals surface area (Å²) in [4.78, 5) is 13.9. The van der Waals surface area contributed by atoms with Crippen molar-refractivity contribution >= 4 is 5.91 Å². The van der Waals surface area contributed by atoms with E-state index in [1.165, 1.54) is 25.7 Å². The molecule has 1 unspecified atom stereocenters. The van der Waals surface area contributed by atoms with Crippen LogP contribution in [-0.4, -0.2) is 37.5 Å². The number of hydrogen-bond donors (Lipinski definition) is 1. The van der Waals surface area contributed by atoms with Crippen LogP contribution in [0.5, 0.6) is 0 Å². The molecular weight excluding hydrogens is 188 g/mol. The first-order valence-electron chi connectivity index (χ1n) is 6.10. The van der Waals surface area contributed by atoms with Crippen molar-refractivity contribution in [3.8, 4) is 0 Å². The van der Waals surface area contributed by atoms with Crippen molar-refractivity contribution in [1.82, 2.24) is 10.2 Å². The Morgan fingerprint density at radius 1 is 1.53 bits per heavy atom. The normalized spacial score (nSPS) is 28.9. The molecule has 86 valence electrons. The van der Waals surface area contributed by atoms with Crippen LogP contribution in [0, 0.1) is 11.3 Å². The van der Waals surface area contributed by atoms with Crippen LogP contribution < -0.4 is 5.32 Å². The number of carbonyl (C=O) groups is 1. The maximum atomic E-state index is 11.8. The van der Waals surface area contributed by atoms with Gasteiger partial charge >= 0.3 is 0 Å². The van der Waals surface area contributed by atoms with Crippen molar-refractivity contribution in [2.75, 3.05) is 26.7 Å². The Morgan fingerprint density at radius 3 is 2.80 bits per heavy atom. The second-order valence-corrected chi connectivity index (χ2v) is 5.25. The van der Waals surface area contributed by atoms with Gasteiger partial charge in [0.15, 0.2) is 0 Å². The lowest BCUT2D eigenvalue weighted by Gasteiger charge is -2.53. The standard InChI is InChI=1S/C12H22N2O/c1-10-4-7-14(11(15)8-13-2)9-12(10)5-3-6-12/h10,13H,3-9H2,1-2H3. The van der Waals surface area contributed by atoms with E-state index >= 15 is 0 Å². The monoisotopic (exact) mass is 210 g/mol. The van der Waals surface area contributed by atoms with Crippen molar-refractivity contribution in [2.45, 2.75) is 32.6 Å². The lowest BCUT2D eigenvalue weighted by molar-refractivity contribution is -0.138. The first kappa shape index (κ1) is 10.9. The van der Waals surface area contributed by atoms with Gasteiger partial charge in [0.2, 0.25) is 5.91 Å². The molecule has 0 bridgehead atoms. The van der Waals surface area contributed by atoms with Crippen LogP contribution in [0.3, 0.4) is 0 Å². The van der Waals surface area contributed by atoms with Crippen LogP contribution in [0.25, 0.3) is 0 Å². The van der Waals surface area contributed by atoms with Crippen LogP contribution in [0.15, 0.2) is 0 Å². The minimum absolute atomic E-state index is 0.274. The molecule has 1 heterocycles. The molecule has 0 aromatic rings. The summed E-state index contributed by atoms with van der Waals surface area (Å²) in [5, 5.41) is 2.95. The minimum atomic E-state index is 0.274. The second-order valence-electron chi connectivity index (χ2n) is 5.25. The highest BCUT2D eigenvalue weighted by Crippen LogP contribution is 2.50. The number of hydrogen-bond acceptors (Lipinski definition) is 2. The van der Waals surface area contributed by atoms with Gasteiger partial charge in [0.05, 0.1) is 6.54 Å². The highest BCUT2D eigenvalue weighted by atomic mass is 16.2. The Balaban J connectivity index is 1.96. The number of likely N-dealkylation sites (N-methyl/N-ethyl adjacent to an activating group) is 1. The highest BCUT2D eigenvalue weighted by Gasteiger charge is 2.46. The fourth-order valence-electron chi connectivity index (χ4n) is 3.03. The van der Waals surface area contributed by atoms with Gasteiger partial charge < -0.3 is 10.2 Å². The molecule has 0 radical (unpaired) electrons. The molecule has 2 aliphatic rings. The Morgan fingerprint density at radius 2 is 2.27 bits per heavy atom. The van der Waals surface area contributed by atoms with Gasteiger partial charge in [-0.1, -0.05) is 13.3 Å². The number of nitrogens with zero attached hydrogens (tertiary/aromatic N) is 1. The predicted molar refractivity (Wildman–Crippen MR) is 60.6 cm³/mol. The number of nitrogens with one attached hydrogen (secondary N) is 1. The molecular formula is C12H22N2O. The lowest BCUT2D eigenvalue weighted by atomic mass is 9.59. The van der Waals surface area contributed by atoms with Gasteiger partial charge in [-0.05, 0) is 37.6 Å². The molecule has 2 fully saturated rings. The Labute approximate surface area is 92.2 Å². The zero-order valence-electron chi connectivity index (χ0n) is 9.88. The van der Waals surface area contributed by atoms with Crippen LogP contribution in [0.1, 0.15) is 32.6 Å². The smallest absolute Gasteiger partial charge is 0.236 e. The van der Waals surface area contributed by atoms with Crippen molar-refractivity contribution in [2.24, 2.45) is 11.3 Å². The van der Waals surface area contributed by atoms with Gasteiger partial charge in [0.1, 0.15) is 0 Å². The molecule has 1 atom stereocenters. The van der Waals surface area contributed by atoms with E-state index in [-0.39, 0.29) is 5.91 Å². The van der Waals surface area contributed by atoms with Crippen molar-refractivity contribution in [3.05, 3.63) is 0 Å². The van der Waals surface area contributed by atoms with E-state index in [9.17, 15) is 4.79 Å². The zero-order chi connectivity index (χ0) is 10.9. The molecule has 0 aromatic carbocycles. The largest absolute Gasteiger partial charge is 0.341 e. The quantitative estimate of drug-likeness (QED) is 0.744. The number of amides is 1. The number of piperidine rings is 1. The summed E-state index contributed by atoms with van der Waals surface area (Å²) >= 11 is 0. The first-order chi connectivity index (χ1) is 7.18. The maximum Gasteiger partial charge on any atom is 0.236 e. The van der Waals surface area contributed by atoms with E-state index in [4.69, 9.17) is 0 Å². The highest BCUT2D eigenvalue weighted by molar-refractivity contribution is 5.78. The minimum Gasteiger partial charge on any atom is -0.341 e. The van der Waals surface area contributed by atoms with Gasteiger partial charge in [0.25, 0.3) is 0 Å². The first-order valence-corrected chi connectivity index (χ1v) is 6.10. The summed E-state index contributed by atoms with van der Waals surface area (Å²) in [5.41, 5.74) is 0.488. The molecule has 15 heavy (non-hydrogen) atoms.